The topological polar surface area (TPSA) is 145 Å². The highest BCUT2D eigenvalue weighted by atomic mass is 32.2. The van der Waals surface area contributed by atoms with Gasteiger partial charge in [-0.3, -0.25) is 4.79 Å². The van der Waals surface area contributed by atoms with E-state index in [0.717, 1.165) is 39.1 Å². The van der Waals surface area contributed by atoms with Gasteiger partial charge < -0.3 is 25.0 Å². The predicted molar refractivity (Wildman–Crippen MR) is 158 cm³/mol. The van der Waals surface area contributed by atoms with Crippen LogP contribution < -0.4 is 10.0 Å². The van der Waals surface area contributed by atoms with Gasteiger partial charge in [0.15, 0.2) is 0 Å². The number of ether oxygens (including phenoxy) is 1. The van der Waals surface area contributed by atoms with Crippen molar-refractivity contribution < 1.29 is 45.8 Å². The van der Waals surface area contributed by atoms with Crippen LogP contribution in [0.2, 0.25) is 0 Å². The molecule has 3 rings (SSSR count). The SMILES string of the molecule is CCN(CC)CCOC(=O)c1cccc(NC(=O)c2ccc(S(=O)(=O)NCCCN3CCCC3)cc2)c1.O=C(O)C(F)(F)F. The Balaban J connectivity index is 0.000000860. The lowest BCUT2D eigenvalue weighted by Crippen LogP contribution is -2.28. The van der Waals surface area contributed by atoms with E-state index < -0.39 is 34.0 Å². The van der Waals surface area contributed by atoms with Gasteiger partial charge in [0.2, 0.25) is 10.0 Å². The van der Waals surface area contributed by atoms with Crippen LogP contribution in [0.25, 0.3) is 0 Å². The van der Waals surface area contributed by atoms with Crippen LogP contribution in [0.3, 0.4) is 0 Å². The zero-order valence-corrected chi connectivity index (χ0v) is 25.5. The summed E-state index contributed by atoms with van der Waals surface area (Å²) in [7, 11) is -3.64. The van der Waals surface area contributed by atoms with Crippen LogP contribution in [0, 0.1) is 0 Å². The van der Waals surface area contributed by atoms with E-state index >= 15 is 0 Å². The smallest absolute Gasteiger partial charge is 0.475 e. The summed E-state index contributed by atoms with van der Waals surface area (Å²) in [5.41, 5.74) is 1.09. The lowest BCUT2D eigenvalue weighted by atomic mass is 10.1. The molecule has 1 amide bonds. The molecule has 0 atom stereocenters. The molecule has 1 saturated heterocycles. The molecule has 44 heavy (non-hydrogen) atoms. The molecule has 0 aliphatic carbocycles. The van der Waals surface area contributed by atoms with Crippen LogP contribution in [0.4, 0.5) is 18.9 Å². The Kier molecular flexibility index (Phi) is 14.7. The van der Waals surface area contributed by atoms with Gasteiger partial charge in [-0.1, -0.05) is 19.9 Å². The molecule has 0 radical (unpaired) electrons. The van der Waals surface area contributed by atoms with E-state index in [1.807, 2.05) is 0 Å². The number of carbonyl (C=O) groups is 3. The van der Waals surface area contributed by atoms with Crippen molar-refractivity contribution in [1.82, 2.24) is 14.5 Å². The molecule has 2 aromatic rings. The second-order valence-electron chi connectivity index (χ2n) is 9.83. The fourth-order valence-electron chi connectivity index (χ4n) is 4.20. The summed E-state index contributed by atoms with van der Waals surface area (Å²) in [4.78, 5) is 38.6. The number of esters is 1. The van der Waals surface area contributed by atoms with Gasteiger partial charge in [0.25, 0.3) is 5.91 Å². The zero-order valence-electron chi connectivity index (χ0n) is 24.7. The molecule has 0 bridgehead atoms. The number of halogens is 3. The van der Waals surface area contributed by atoms with E-state index in [0.29, 0.717) is 36.5 Å². The highest BCUT2D eigenvalue weighted by Crippen LogP contribution is 2.16. The second kappa shape index (κ2) is 17.7. The number of likely N-dealkylation sites (tertiary alicyclic amines) is 1. The van der Waals surface area contributed by atoms with Crippen molar-refractivity contribution in [1.29, 1.82) is 0 Å². The number of rotatable bonds is 14. The number of benzene rings is 2. The van der Waals surface area contributed by atoms with Crippen molar-refractivity contribution in [3.63, 3.8) is 0 Å². The minimum atomic E-state index is -5.08. The number of carboxylic acid groups (broad SMARTS) is 1. The van der Waals surface area contributed by atoms with Crippen molar-refractivity contribution in [2.24, 2.45) is 0 Å². The number of nitrogens with one attached hydrogen (secondary N) is 2. The molecule has 1 heterocycles. The number of amides is 1. The molecular weight excluding hydrogens is 605 g/mol. The molecule has 3 N–H and O–H groups in total. The normalized spacial score (nSPS) is 13.7. The molecule has 0 saturated carbocycles. The fourth-order valence-corrected chi connectivity index (χ4v) is 5.28. The summed E-state index contributed by atoms with van der Waals surface area (Å²) < 4.78 is 64.9. The summed E-state index contributed by atoms with van der Waals surface area (Å²) in [6, 6.07) is 12.3. The van der Waals surface area contributed by atoms with Gasteiger partial charge in [-0.05, 0) is 94.5 Å². The number of carboxylic acids is 1. The van der Waals surface area contributed by atoms with Crippen molar-refractivity contribution in [3.8, 4) is 0 Å². The average Bonchev–Trinajstić information content (AvgIpc) is 3.51. The molecule has 1 fully saturated rings. The van der Waals surface area contributed by atoms with Crippen LogP contribution in [0.1, 0.15) is 53.8 Å². The monoisotopic (exact) mass is 644 g/mol. The summed E-state index contributed by atoms with van der Waals surface area (Å²) >= 11 is 0. The highest BCUT2D eigenvalue weighted by Gasteiger charge is 2.38. The molecule has 15 heteroatoms. The number of alkyl halides is 3. The van der Waals surface area contributed by atoms with Crippen LogP contribution in [-0.2, 0) is 19.6 Å². The number of nitrogens with zero attached hydrogens (tertiary/aromatic N) is 2. The van der Waals surface area contributed by atoms with Crippen LogP contribution >= 0.6 is 0 Å². The third-order valence-corrected chi connectivity index (χ3v) is 8.18. The molecule has 2 aromatic carbocycles. The lowest BCUT2D eigenvalue weighted by Gasteiger charge is -2.17. The number of hydrogen-bond acceptors (Lipinski definition) is 8. The van der Waals surface area contributed by atoms with Gasteiger partial charge in [0, 0.05) is 24.3 Å². The number of aliphatic carboxylic acids is 1. The van der Waals surface area contributed by atoms with Crippen LogP contribution in [-0.4, -0.2) is 99.8 Å². The van der Waals surface area contributed by atoms with Gasteiger partial charge in [-0.2, -0.15) is 13.2 Å². The van der Waals surface area contributed by atoms with Gasteiger partial charge in [0.05, 0.1) is 10.5 Å². The van der Waals surface area contributed by atoms with Gasteiger partial charge in [-0.15, -0.1) is 0 Å². The molecule has 11 nitrogen and oxygen atoms in total. The molecule has 1 aliphatic rings. The van der Waals surface area contributed by atoms with Crippen molar-refractivity contribution in [2.45, 2.75) is 44.2 Å². The van der Waals surface area contributed by atoms with E-state index in [4.69, 9.17) is 14.6 Å². The first-order valence-corrected chi connectivity index (χ1v) is 15.7. The summed E-state index contributed by atoms with van der Waals surface area (Å²) in [6.45, 7) is 10.3. The Morgan fingerprint density at radius 3 is 2.18 bits per heavy atom. The van der Waals surface area contributed by atoms with E-state index in [2.05, 4.69) is 33.7 Å². The van der Waals surface area contributed by atoms with E-state index in [1.165, 1.54) is 37.1 Å². The van der Waals surface area contributed by atoms with Crippen molar-refractivity contribution in [3.05, 3.63) is 59.7 Å². The maximum Gasteiger partial charge on any atom is 0.490 e. The van der Waals surface area contributed by atoms with Gasteiger partial charge in [0.1, 0.15) is 6.61 Å². The average molecular weight is 645 g/mol. The Morgan fingerprint density at radius 2 is 1.61 bits per heavy atom. The second-order valence-corrected chi connectivity index (χ2v) is 11.6. The maximum absolute atomic E-state index is 12.7. The number of sulfonamides is 1. The summed E-state index contributed by atoms with van der Waals surface area (Å²) in [5, 5.41) is 9.87. The van der Waals surface area contributed by atoms with Crippen molar-refractivity contribution >= 4 is 33.6 Å². The first kappa shape index (κ1) is 36.7. The third-order valence-electron chi connectivity index (χ3n) is 6.70. The first-order chi connectivity index (χ1) is 20.8. The molecule has 244 valence electrons. The molecule has 0 aromatic heterocycles. The zero-order chi connectivity index (χ0) is 32.8. The standard InChI is InChI=1S/C27H38N4O5S.C2HF3O2/c1-3-30(4-2)19-20-36-27(33)23-9-7-10-24(21-23)29-26(32)22-11-13-25(14-12-22)37(34,35)28-15-8-18-31-16-5-6-17-31;3-2(4,5)1(6)7/h7,9-14,21,28H,3-6,8,15-20H2,1-2H3,(H,29,32);(H,6,7). The Bertz CT molecular complexity index is 1330. The summed E-state index contributed by atoms with van der Waals surface area (Å²) in [5.74, 6) is -3.62. The van der Waals surface area contributed by atoms with Gasteiger partial charge >= 0.3 is 18.1 Å². The molecule has 1 aliphatic heterocycles. The highest BCUT2D eigenvalue weighted by molar-refractivity contribution is 7.89. The minimum Gasteiger partial charge on any atom is -0.475 e. The summed E-state index contributed by atoms with van der Waals surface area (Å²) in [6.07, 6.45) is -1.91. The number of hydrogen-bond donors (Lipinski definition) is 3. The maximum atomic E-state index is 12.7. The first-order valence-electron chi connectivity index (χ1n) is 14.2. The number of anilines is 1. The van der Waals surface area contributed by atoms with E-state index in [1.54, 1.807) is 24.3 Å². The predicted octanol–water partition coefficient (Wildman–Crippen LogP) is 3.84. The number of carbonyl (C=O) groups excluding carboxylic acids is 2. The fraction of sp³-hybridized carbons (Fsp3) is 0.483. The molecule has 0 spiro atoms. The Labute approximate surface area is 255 Å². The molecule has 0 unspecified atom stereocenters. The number of likely N-dealkylation sites (N-methyl/N-ethyl adjacent to an activating group) is 1. The largest absolute Gasteiger partial charge is 0.490 e. The van der Waals surface area contributed by atoms with Gasteiger partial charge in [-0.25, -0.2) is 22.7 Å². The minimum absolute atomic E-state index is 0.111. The third kappa shape index (κ3) is 12.6. The van der Waals surface area contributed by atoms with E-state index in [9.17, 15) is 31.2 Å². The van der Waals surface area contributed by atoms with Crippen LogP contribution in [0.15, 0.2) is 53.4 Å². The Morgan fingerprint density at radius 1 is 1.00 bits per heavy atom. The van der Waals surface area contributed by atoms with E-state index in [-0.39, 0.29) is 4.90 Å². The van der Waals surface area contributed by atoms with Crippen LogP contribution in [0.5, 0.6) is 0 Å². The lowest BCUT2D eigenvalue weighted by molar-refractivity contribution is -0.192. The Hall–Kier alpha value is -3.53. The molecular formula is C29H39F3N4O7S. The van der Waals surface area contributed by atoms with Crippen molar-refractivity contribution in [2.75, 3.05) is 57.7 Å². The quantitative estimate of drug-likeness (QED) is 0.206.